The summed E-state index contributed by atoms with van der Waals surface area (Å²) in [5.74, 6) is -2.65. The topological polar surface area (TPSA) is 81.7 Å². The van der Waals surface area contributed by atoms with Gasteiger partial charge in [0.15, 0.2) is 11.9 Å². The van der Waals surface area contributed by atoms with Crippen LogP contribution in [0.25, 0.3) is 0 Å². The largest absolute Gasteiger partial charge is 0.453 e. The zero-order valence-electron chi connectivity index (χ0n) is 15.4. The first-order chi connectivity index (χ1) is 13.8. The van der Waals surface area contributed by atoms with Crippen LogP contribution in [0.1, 0.15) is 30.1 Å². The number of ether oxygens (including phenoxy) is 2. The number of carbonyl (C=O) groups is 3. The highest BCUT2D eigenvalue weighted by molar-refractivity contribution is 5.98. The number of amides is 1. The molecule has 0 aromatic heterocycles. The summed E-state index contributed by atoms with van der Waals surface area (Å²) >= 11 is 0. The average Bonchev–Trinajstić information content (AvgIpc) is 2.67. The van der Waals surface area contributed by atoms with Crippen LogP contribution in [0.2, 0.25) is 0 Å². The van der Waals surface area contributed by atoms with Crippen molar-refractivity contribution in [3.8, 4) is 5.75 Å². The van der Waals surface area contributed by atoms with Crippen molar-refractivity contribution in [2.45, 2.75) is 32.5 Å². The van der Waals surface area contributed by atoms with Gasteiger partial charge in [-0.3, -0.25) is 14.4 Å². The third-order valence-electron chi connectivity index (χ3n) is 3.76. The van der Waals surface area contributed by atoms with Crippen LogP contribution in [0, 0.1) is 5.82 Å². The zero-order chi connectivity index (χ0) is 21.4. The number of ketones is 1. The summed E-state index contributed by atoms with van der Waals surface area (Å²) in [7, 11) is 0. The van der Waals surface area contributed by atoms with Crippen LogP contribution in [0.5, 0.6) is 5.75 Å². The smallest absolute Gasteiger partial charge is 0.387 e. The minimum Gasteiger partial charge on any atom is -0.453 e. The third kappa shape index (κ3) is 6.95. The average molecular weight is 409 g/mol. The van der Waals surface area contributed by atoms with Gasteiger partial charge in [0, 0.05) is 12.0 Å². The molecule has 0 aliphatic heterocycles. The molecular weight excluding hydrogens is 391 g/mol. The lowest BCUT2D eigenvalue weighted by Gasteiger charge is -2.15. The van der Waals surface area contributed by atoms with E-state index in [0.717, 1.165) is 12.1 Å². The first-order valence-corrected chi connectivity index (χ1v) is 8.59. The molecule has 0 radical (unpaired) electrons. The van der Waals surface area contributed by atoms with E-state index in [-0.39, 0.29) is 35.6 Å². The summed E-state index contributed by atoms with van der Waals surface area (Å²) in [6, 6.07) is 10.4. The summed E-state index contributed by atoms with van der Waals surface area (Å²) in [5, 5.41) is 2.34. The predicted octanol–water partition coefficient (Wildman–Crippen LogP) is 3.96. The number of alkyl halides is 2. The Kier molecular flexibility index (Phi) is 7.76. The number of esters is 1. The molecule has 0 saturated heterocycles. The van der Waals surface area contributed by atoms with E-state index in [4.69, 9.17) is 4.74 Å². The minimum absolute atomic E-state index is 0.00723. The number of hydrogen-bond donors (Lipinski definition) is 1. The SMILES string of the molecule is CC(OC(=O)CCC(=O)c1ccc(F)cc1)C(=O)Nc1ccccc1OC(F)F. The van der Waals surface area contributed by atoms with Gasteiger partial charge in [-0.25, -0.2) is 4.39 Å². The van der Waals surface area contributed by atoms with Gasteiger partial charge in [0.2, 0.25) is 0 Å². The highest BCUT2D eigenvalue weighted by atomic mass is 19.3. The molecule has 0 saturated carbocycles. The van der Waals surface area contributed by atoms with Crippen LogP contribution >= 0.6 is 0 Å². The van der Waals surface area contributed by atoms with E-state index in [9.17, 15) is 27.6 Å². The van der Waals surface area contributed by atoms with Crippen molar-refractivity contribution >= 4 is 23.3 Å². The summed E-state index contributed by atoms with van der Waals surface area (Å²) in [5.41, 5.74) is 0.243. The number of para-hydroxylation sites is 2. The number of carbonyl (C=O) groups excluding carboxylic acids is 3. The van der Waals surface area contributed by atoms with Crippen molar-refractivity contribution in [2.24, 2.45) is 0 Å². The molecule has 9 heteroatoms. The van der Waals surface area contributed by atoms with Crippen molar-refractivity contribution < 1.29 is 37.0 Å². The Morgan fingerprint density at radius 1 is 1.00 bits per heavy atom. The van der Waals surface area contributed by atoms with Gasteiger partial charge in [-0.05, 0) is 43.3 Å². The van der Waals surface area contributed by atoms with Gasteiger partial charge in [0.05, 0.1) is 12.1 Å². The zero-order valence-corrected chi connectivity index (χ0v) is 15.4. The molecule has 0 aliphatic carbocycles. The maximum atomic E-state index is 12.9. The summed E-state index contributed by atoms with van der Waals surface area (Å²) < 4.78 is 46.9. The lowest BCUT2D eigenvalue weighted by molar-refractivity contribution is -0.153. The minimum atomic E-state index is -3.07. The number of halogens is 3. The van der Waals surface area contributed by atoms with Gasteiger partial charge in [0.1, 0.15) is 11.6 Å². The normalized spacial score (nSPS) is 11.6. The van der Waals surface area contributed by atoms with Crippen LogP contribution in [0.3, 0.4) is 0 Å². The Morgan fingerprint density at radius 3 is 2.31 bits per heavy atom. The molecule has 2 rings (SSSR count). The fraction of sp³-hybridized carbons (Fsp3) is 0.250. The lowest BCUT2D eigenvalue weighted by atomic mass is 10.1. The Balaban J connectivity index is 1.85. The second kappa shape index (κ2) is 10.3. The van der Waals surface area contributed by atoms with Crippen LogP contribution in [0.4, 0.5) is 18.9 Å². The number of Topliss-reactive ketones (excluding diaryl/α,β-unsaturated/α-hetero) is 1. The quantitative estimate of drug-likeness (QED) is 0.501. The number of anilines is 1. The van der Waals surface area contributed by atoms with E-state index in [1.54, 1.807) is 0 Å². The Labute approximate surface area is 164 Å². The summed E-state index contributed by atoms with van der Waals surface area (Å²) in [4.78, 5) is 36.0. The van der Waals surface area contributed by atoms with Crippen LogP contribution < -0.4 is 10.1 Å². The molecule has 0 heterocycles. The Hall–Kier alpha value is -3.36. The molecule has 6 nitrogen and oxygen atoms in total. The molecule has 1 N–H and O–H groups in total. The van der Waals surface area contributed by atoms with E-state index in [1.807, 2.05) is 0 Å². The van der Waals surface area contributed by atoms with Crippen molar-refractivity contribution in [1.29, 1.82) is 0 Å². The second-order valence-corrected chi connectivity index (χ2v) is 5.93. The predicted molar refractivity (Wildman–Crippen MR) is 97.2 cm³/mol. The van der Waals surface area contributed by atoms with Gasteiger partial charge >= 0.3 is 12.6 Å². The van der Waals surface area contributed by atoms with E-state index in [0.29, 0.717) is 0 Å². The van der Waals surface area contributed by atoms with E-state index >= 15 is 0 Å². The molecule has 0 fully saturated rings. The van der Waals surface area contributed by atoms with E-state index < -0.39 is 30.4 Å². The van der Waals surface area contributed by atoms with E-state index in [1.165, 1.54) is 43.3 Å². The molecule has 29 heavy (non-hydrogen) atoms. The summed E-state index contributed by atoms with van der Waals surface area (Å²) in [6.45, 7) is -1.77. The van der Waals surface area contributed by atoms with Gasteiger partial charge in [-0.1, -0.05) is 12.1 Å². The number of benzene rings is 2. The third-order valence-corrected chi connectivity index (χ3v) is 3.76. The Bertz CT molecular complexity index is 871. The summed E-state index contributed by atoms with van der Waals surface area (Å²) in [6.07, 6.45) is -1.69. The lowest BCUT2D eigenvalue weighted by Crippen LogP contribution is -2.30. The Morgan fingerprint density at radius 2 is 1.66 bits per heavy atom. The van der Waals surface area contributed by atoms with Crippen molar-refractivity contribution in [3.05, 3.63) is 59.9 Å². The monoisotopic (exact) mass is 409 g/mol. The highest BCUT2D eigenvalue weighted by Crippen LogP contribution is 2.25. The number of rotatable bonds is 9. The number of nitrogens with one attached hydrogen (secondary N) is 1. The molecule has 2 aromatic carbocycles. The molecule has 1 amide bonds. The first-order valence-electron chi connectivity index (χ1n) is 8.59. The maximum Gasteiger partial charge on any atom is 0.387 e. The fourth-order valence-corrected chi connectivity index (χ4v) is 2.31. The van der Waals surface area contributed by atoms with Crippen LogP contribution in [0.15, 0.2) is 48.5 Å². The molecule has 154 valence electrons. The van der Waals surface area contributed by atoms with Gasteiger partial charge in [-0.2, -0.15) is 8.78 Å². The fourth-order valence-electron chi connectivity index (χ4n) is 2.31. The second-order valence-electron chi connectivity index (χ2n) is 5.93. The van der Waals surface area contributed by atoms with E-state index in [2.05, 4.69) is 10.1 Å². The number of hydrogen-bond acceptors (Lipinski definition) is 5. The molecule has 0 aliphatic rings. The van der Waals surface area contributed by atoms with Crippen molar-refractivity contribution in [2.75, 3.05) is 5.32 Å². The van der Waals surface area contributed by atoms with Gasteiger partial charge in [0.25, 0.3) is 5.91 Å². The standard InChI is InChI=1S/C20H18F3NO5/c1-12(19(27)24-15-4-2-3-5-17(15)29-20(22)23)28-18(26)11-10-16(25)13-6-8-14(21)9-7-13/h2-9,12,20H,10-11H2,1H3,(H,24,27). The maximum absolute atomic E-state index is 12.9. The van der Waals surface area contributed by atoms with Crippen LogP contribution in [-0.4, -0.2) is 30.4 Å². The van der Waals surface area contributed by atoms with Crippen LogP contribution in [-0.2, 0) is 14.3 Å². The molecule has 1 atom stereocenters. The van der Waals surface area contributed by atoms with Gasteiger partial charge < -0.3 is 14.8 Å². The van der Waals surface area contributed by atoms with Crippen molar-refractivity contribution in [3.63, 3.8) is 0 Å². The first kappa shape index (κ1) is 21.9. The van der Waals surface area contributed by atoms with Crippen molar-refractivity contribution in [1.82, 2.24) is 0 Å². The molecule has 2 aromatic rings. The molecule has 0 bridgehead atoms. The molecular formula is C20H18F3NO5. The molecule has 1 unspecified atom stereocenters. The molecule has 0 spiro atoms. The van der Waals surface area contributed by atoms with Gasteiger partial charge in [-0.15, -0.1) is 0 Å². The highest BCUT2D eigenvalue weighted by Gasteiger charge is 2.20.